The van der Waals surface area contributed by atoms with Crippen molar-refractivity contribution in [2.75, 3.05) is 6.61 Å². The lowest BCUT2D eigenvalue weighted by atomic mass is 10.1. The molecule has 0 saturated heterocycles. The molecule has 0 heterocycles. The summed E-state index contributed by atoms with van der Waals surface area (Å²) in [5.74, 6) is -0.532. The highest BCUT2D eigenvalue weighted by atomic mass is 19.4. The zero-order valence-corrected chi connectivity index (χ0v) is 13.4. The summed E-state index contributed by atoms with van der Waals surface area (Å²) in [4.78, 5) is 11.5. The second-order valence-electron chi connectivity index (χ2n) is 5.39. The second kappa shape index (κ2) is 10.1. The van der Waals surface area contributed by atoms with E-state index in [4.69, 9.17) is 4.74 Å². The molecule has 0 radical (unpaired) electrons. The highest BCUT2D eigenvalue weighted by Gasteiger charge is 2.30. The second-order valence-corrected chi connectivity index (χ2v) is 5.39. The number of hydrogen-bond acceptors (Lipinski definition) is 2. The number of carbonyl (C=O) groups is 1. The van der Waals surface area contributed by atoms with Gasteiger partial charge in [0.25, 0.3) is 0 Å². The molecule has 0 atom stereocenters. The van der Waals surface area contributed by atoms with Gasteiger partial charge >= 0.3 is 12.1 Å². The van der Waals surface area contributed by atoms with Crippen LogP contribution < -0.4 is 0 Å². The summed E-state index contributed by atoms with van der Waals surface area (Å²) in [5.41, 5.74) is -0.420. The van der Waals surface area contributed by atoms with Gasteiger partial charge in [0.1, 0.15) is 0 Å². The number of rotatable bonds is 9. The van der Waals surface area contributed by atoms with Gasteiger partial charge in [-0.2, -0.15) is 13.2 Å². The fourth-order valence-electron chi connectivity index (χ4n) is 2.09. The maximum atomic E-state index is 12.6. The molecular formula is C18H23F3O2. The number of carbonyl (C=O) groups excluding carboxylic acids is 1. The van der Waals surface area contributed by atoms with E-state index in [1.165, 1.54) is 37.5 Å². The first-order valence-corrected chi connectivity index (χ1v) is 7.95. The van der Waals surface area contributed by atoms with Gasteiger partial charge in [0.2, 0.25) is 0 Å². The van der Waals surface area contributed by atoms with Crippen molar-refractivity contribution in [3.63, 3.8) is 0 Å². The Morgan fingerprint density at radius 1 is 1.13 bits per heavy atom. The predicted octanol–water partition coefficient (Wildman–Crippen LogP) is 5.62. The highest BCUT2D eigenvalue weighted by Crippen LogP contribution is 2.29. The Hall–Kier alpha value is -1.78. The Balaban J connectivity index is 2.33. The van der Waals surface area contributed by atoms with E-state index in [1.807, 2.05) is 0 Å². The molecular weight excluding hydrogens is 305 g/mol. The lowest BCUT2D eigenvalue weighted by Crippen LogP contribution is -2.04. The molecule has 0 aromatic heterocycles. The van der Waals surface area contributed by atoms with Crippen molar-refractivity contribution in [2.45, 2.75) is 51.6 Å². The van der Waals surface area contributed by atoms with Crippen LogP contribution in [0.3, 0.4) is 0 Å². The molecule has 0 spiro atoms. The average molecular weight is 328 g/mol. The van der Waals surface area contributed by atoms with Crippen LogP contribution in [0.15, 0.2) is 30.3 Å². The van der Waals surface area contributed by atoms with Crippen molar-refractivity contribution in [2.24, 2.45) is 0 Å². The first-order chi connectivity index (χ1) is 10.9. The number of ether oxygens (including phenoxy) is 1. The predicted molar refractivity (Wildman–Crippen MR) is 84.8 cm³/mol. The fraction of sp³-hybridized carbons (Fsp3) is 0.500. The van der Waals surface area contributed by atoms with E-state index in [-0.39, 0.29) is 0 Å². The van der Waals surface area contributed by atoms with Crippen LogP contribution in [0.2, 0.25) is 0 Å². The number of halogens is 3. The summed E-state index contributed by atoms with van der Waals surface area (Å²) in [6.07, 6.45) is 4.67. The van der Waals surface area contributed by atoms with E-state index < -0.39 is 17.7 Å². The molecule has 23 heavy (non-hydrogen) atoms. The van der Waals surface area contributed by atoms with Crippen LogP contribution in [0.5, 0.6) is 0 Å². The Bertz CT molecular complexity index is 507. The van der Waals surface area contributed by atoms with Crippen LogP contribution >= 0.6 is 0 Å². The molecule has 1 aromatic rings. The molecule has 5 heteroatoms. The van der Waals surface area contributed by atoms with Gasteiger partial charge in [-0.1, -0.05) is 51.2 Å². The molecule has 128 valence electrons. The van der Waals surface area contributed by atoms with E-state index in [1.54, 1.807) is 0 Å². The van der Waals surface area contributed by atoms with Gasteiger partial charge in [0, 0.05) is 6.08 Å². The Kier molecular flexibility index (Phi) is 8.45. The van der Waals surface area contributed by atoms with Crippen LogP contribution in [0.4, 0.5) is 13.2 Å². The van der Waals surface area contributed by atoms with Crippen molar-refractivity contribution in [3.8, 4) is 0 Å². The van der Waals surface area contributed by atoms with Gasteiger partial charge < -0.3 is 4.74 Å². The van der Waals surface area contributed by atoms with E-state index in [9.17, 15) is 18.0 Å². The van der Waals surface area contributed by atoms with Gasteiger partial charge in [0.05, 0.1) is 12.2 Å². The molecule has 0 saturated carbocycles. The minimum Gasteiger partial charge on any atom is -0.463 e. The van der Waals surface area contributed by atoms with E-state index >= 15 is 0 Å². The molecule has 1 aromatic carbocycles. The largest absolute Gasteiger partial charge is 0.463 e. The lowest BCUT2D eigenvalue weighted by Gasteiger charge is -2.06. The smallest absolute Gasteiger partial charge is 0.416 e. The van der Waals surface area contributed by atoms with E-state index in [2.05, 4.69) is 6.92 Å². The fourth-order valence-corrected chi connectivity index (χ4v) is 2.09. The van der Waals surface area contributed by atoms with Crippen molar-refractivity contribution >= 4 is 12.0 Å². The van der Waals surface area contributed by atoms with Crippen LogP contribution in [0.1, 0.15) is 56.6 Å². The van der Waals surface area contributed by atoms with Gasteiger partial charge in [-0.3, -0.25) is 0 Å². The molecule has 0 unspecified atom stereocenters. The summed E-state index contributed by atoms with van der Waals surface area (Å²) in [6.45, 7) is 2.50. The maximum Gasteiger partial charge on any atom is 0.416 e. The lowest BCUT2D eigenvalue weighted by molar-refractivity contribution is -0.138. The normalized spacial score (nSPS) is 11.8. The van der Waals surface area contributed by atoms with Crippen LogP contribution in [-0.4, -0.2) is 12.6 Å². The zero-order chi connectivity index (χ0) is 17.1. The Morgan fingerprint density at radius 3 is 2.52 bits per heavy atom. The molecule has 0 N–H and O–H groups in total. The third kappa shape index (κ3) is 8.43. The molecule has 2 nitrogen and oxygen atoms in total. The number of unbranched alkanes of at least 4 members (excludes halogenated alkanes) is 5. The molecule has 0 aliphatic rings. The number of alkyl halides is 3. The SMILES string of the molecule is CCCCCCCCOC(=O)/C=C/c1cccc(C(F)(F)F)c1. The summed E-state index contributed by atoms with van der Waals surface area (Å²) >= 11 is 0. The van der Waals surface area contributed by atoms with Crippen LogP contribution in [-0.2, 0) is 15.7 Å². The highest BCUT2D eigenvalue weighted by molar-refractivity contribution is 5.87. The average Bonchev–Trinajstić information content (AvgIpc) is 2.51. The Labute approximate surface area is 135 Å². The van der Waals surface area contributed by atoms with Gasteiger partial charge in [-0.25, -0.2) is 4.79 Å². The van der Waals surface area contributed by atoms with Crippen LogP contribution in [0.25, 0.3) is 6.08 Å². The monoisotopic (exact) mass is 328 g/mol. The van der Waals surface area contributed by atoms with Gasteiger partial charge in [-0.05, 0) is 30.2 Å². The Morgan fingerprint density at radius 2 is 1.83 bits per heavy atom. The number of hydrogen-bond donors (Lipinski definition) is 0. The zero-order valence-electron chi connectivity index (χ0n) is 13.4. The molecule has 0 aliphatic carbocycles. The summed E-state index contributed by atoms with van der Waals surface area (Å²) in [7, 11) is 0. The van der Waals surface area contributed by atoms with E-state index in [0.29, 0.717) is 12.2 Å². The molecule has 0 fully saturated rings. The summed E-state index contributed by atoms with van der Waals surface area (Å²) < 4.78 is 42.7. The van der Waals surface area contributed by atoms with Gasteiger partial charge in [0.15, 0.2) is 0 Å². The van der Waals surface area contributed by atoms with E-state index in [0.717, 1.165) is 37.5 Å². The third-order valence-electron chi connectivity index (χ3n) is 3.37. The summed E-state index contributed by atoms with van der Waals surface area (Å²) in [6, 6.07) is 4.81. The van der Waals surface area contributed by atoms with Gasteiger partial charge in [-0.15, -0.1) is 0 Å². The molecule has 0 aliphatic heterocycles. The molecule has 1 rings (SSSR count). The maximum absolute atomic E-state index is 12.6. The topological polar surface area (TPSA) is 26.3 Å². The first kappa shape index (κ1) is 19.3. The number of benzene rings is 1. The standard InChI is InChI=1S/C18H23F3O2/c1-2-3-4-5-6-7-13-23-17(22)12-11-15-9-8-10-16(14-15)18(19,20)21/h8-12,14H,2-7,13H2,1H3/b12-11+. The third-order valence-corrected chi connectivity index (χ3v) is 3.37. The van der Waals surface area contributed by atoms with Crippen molar-refractivity contribution in [1.82, 2.24) is 0 Å². The molecule has 0 amide bonds. The first-order valence-electron chi connectivity index (χ1n) is 7.95. The van der Waals surface area contributed by atoms with Crippen LogP contribution in [0, 0.1) is 0 Å². The molecule has 0 bridgehead atoms. The minimum absolute atomic E-state index is 0.316. The summed E-state index contributed by atoms with van der Waals surface area (Å²) in [5, 5.41) is 0. The van der Waals surface area contributed by atoms with Crippen molar-refractivity contribution in [1.29, 1.82) is 0 Å². The number of esters is 1. The van der Waals surface area contributed by atoms with Crippen molar-refractivity contribution in [3.05, 3.63) is 41.5 Å². The minimum atomic E-state index is -4.39. The van der Waals surface area contributed by atoms with Crippen molar-refractivity contribution < 1.29 is 22.7 Å². The quantitative estimate of drug-likeness (QED) is 0.334.